The summed E-state index contributed by atoms with van der Waals surface area (Å²) in [5.41, 5.74) is -0.502. The number of methoxy groups -OCH3 is 1. The van der Waals surface area contributed by atoms with E-state index < -0.39 is 17.5 Å². The van der Waals surface area contributed by atoms with Crippen LogP contribution in [0, 0.1) is 0 Å². The Balaban J connectivity index is 1.72. The highest BCUT2D eigenvalue weighted by Gasteiger charge is 2.54. The van der Waals surface area contributed by atoms with Gasteiger partial charge in [-0.25, -0.2) is 14.6 Å². The maximum Gasteiger partial charge on any atom is 0.353 e. The number of para-hydroxylation sites is 1. The molecule has 3 aromatic rings. The Labute approximate surface area is 173 Å². The number of rotatable bonds is 6. The molecule has 3 aromatic carbocycles. The van der Waals surface area contributed by atoms with Crippen molar-refractivity contribution in [1.29, 1.82) is 0 Å². The standard InChI is InChI=1S/C24H19NO5/c1-28-19-14-12-18(13-15-19)21-25-24(23(27)30-21,16-17-8-4-2-5-9-17)22(26)29-20-10-6-3-7-11-20/h2-15H,16H2,1H3. The van der Waals surface area contributed by atoms with Crippen molar-refractivity contribution in [1.82, 2.24) is 0 Å². The fraction of sp³-hybridized carbons (Fsp3) is 0.125. The topological polar surface area (TPSA) is 74.2 Å². The average Bonchev–Trinajstić information content (AvgIpc) is 3.12. The van der Waals surface area contributed by atoms with Crippen LogP contribution in [0.3, 0.4) is 0 Å². The van der Waals surface area contributed by atoms with Crippen LogP contribution < -0.4 is 9.47 Å². The van der Waals surface area contributed by atoms with Crippen LogP contribution in [-0.2, 0) is 20.7 Å². The van der Waals surface area contributed by atoms with Gasteiger partial charge in [0.05, 0.1) is 7.11 Å². The Kier molecular flexibility index (Phi) is 5.30. The molecule has 0 aromatic heterocycles. The summed E-state index contributed by atoms with van der Waals surface area (Å²) in [4.78, 5) is 30.6. The van der Waals surface area contributed by atoms with E-state index in [4.69, 9.17) is 14.2 Å². The summed E-state index contributed by atoms with van der Waals surface area (Å²) in [5, 5.41) is 0. The van der Waals surface area contributed by atoms with Gasteiger partial charge in [0.25, 0.3) is 5.54 Å². The van der Waals surface area contributed by atoms with Gasteiger partial charge in [-0.05, 0) is 42.0 Å². The van der Waals surface area contributed by atoms with Gasteiger partial charge in [-0.2, -0.15) is 0 Å². The number of hydrogen-bond donors (Lipinski definition) is 0. The van der Waals surface area contributed by atoms with Gasteiger partial charge >= 0.3 is 11.9 Å². The first-order chi connectivity index (χ1) is 14.6. The molecule has 0 N–H and O–H groups in total. The third kappa shape index (κ3) is 3.80. The quantitative estimate of drug-likeness (QED) is 0.359. The predicted octanol–water partition coefficient (Wildman–Crippen LogP) is 3.59. The number of esters is 2. The van der Waals surface area contributed by atoms with Crippen LogP contribution in [0.1, 0.15) is 11.1 Å². The summed E-state index contributed by atoms with van der Waals surface area (Å²) in [6.07, 6.45) is 0.0258. The molecule has 6 nitrogen and oxygen atoms in total. The number of ether oxygens (including phenoxy) is 3. The van der Waals surface area contributed by atoms with Crippen molar-refractivity contribution in [3.05, 3.63) is 96.1 Å². The number of carbonyl (C=O) groups excluding carboxylic acids is 2. The van der Waals surface area contributed by atoms with Crippen molar-refractivity contribution in [2.45, 2.75) is 12.0 Å². The highest BCUT2D eigenvalue weighted by molar-refractivity contribution is 6.17. The molecular weight excluding hydrogens is 382 g/mol. The minimum Gasteiger partial charge on any atom is -0.497 e. The number of cyclic esters (lactones) is 1. The third-order valence-corrected chi connectivity index (χ3v) is 4.75. The summed E-state index contributed by atoms with van der Waals surface area (Å²) in [6, 6.07) is 24.6. The van der Waals surface area contributed by atoms with Crippen LogP contribution in [0.2, 0.25) is 0 Å². The molecule has 4 rings (SSSR count). The molecule has 150 valence electrons. The Morgan fingerprint density at radius 2 is 1.53 bits per heavy atom. The molecule has 0 saturated heterocycles. The lowest BCUT2D eigenvalue weighted by Crippen LogP contribution is -2.47. The first-order valence-electron chi connectivity index (χ1n) is 9.38. The van der Waals surface area contributed by atoms with Crippen LogP contribution in [-0.4, -0.2) is 30.5 Å². The molecule has 1 unspecified atom stereocenters. The number of carbonyl (C=O) groups is 2. The second kappa shape index (κ2) is 8.21. The van der Waals surface area contributed by atoms with E-state index in [9.17, 15) is 9.59 Å². The van der Waals surface area contributed by atoms with Gasteiger partial charge in [-0.3, -0.25) is 0 Å². The highest BCUT2D eigenvalue weighted by atomic mass is 16.6. The molecule has 0 amide bonds. The van der Waals surface area contributed by atoms with Gasteiger partial charge in [-0.1, -0.05) is 48.5 Å². The van der Waals surface area contributed by atoms with Crippen LogP contribution in [0.5, 0.6) is 11.5 Å². The second-order valence-electron chi connectivity index (χ2n) is 6.76. The summed E-state index contributed by atoms with van der Waals surface area (Å²) < 4.78 is 16.1. The number of nitrogens with zero attached hydrogens (tertiary/aromatic N) is 1. The molecule has 6 heteroatoms. The lowest BCUT2D eigenvalue weighted by Gasteiger charge is -2.20. The van der Waals surface area contributed by atoms with Crippen molar-refractivity contribution < 1.29 is 23.8 Å². The molecule has 0 aliphatic carbocycles. The molecule has 1 aliphatic heterocycles. The zero-order valence-electron chi connectivity index (χ0n) is 16.3. The molecule has 0 spiro atoms. The molecule has 0 saturated carbocycles. The van der Waals surface area contributed by atoms with Crippen molar-refractivity contribution in [2.24, 2.45) is 4.99 Å². The van der Waals surface area contributed by atoms with Gasteiger partial charge in [0.2, 0.25) is 5.90 Å². The molecule has 1 heterocycles. The molecule has 0 radical (unpaired) electrons. The van der Waals surface area contributed by atoms with E-state index >= 15 is 0 Å². The summed E-state index contributed by atoms with van der Waals surface area (Å²) in [5.74, 6) is -0.494. The van der Waals surface area contributed by atoms with Gasteiger partial charge in [0, 0.05) is 12.0 Å². The number of benzene rings is 3. The van der Waals surface area contributed by atoms with Crippen molar-refractivity contribution in [2.75, 3.05) is 7.11 Å². The van der Waals surface area contributed by atoms with Gasteiger partial charge < -0.3 is 14.2 Å². The van der Waals surface area contributed by atoms with E-state index in [-0.39, 0.29) is 12.3 Å². The average molecular weight is 401 g/mol. The molecule has 1 atom stereocenters. The highest BCUT2D eigenvalue weighted by Crippen LogP contribution is 2.30. The predicted molar refractivity (Wildman–Crippen MR) is 111 cm³/mol. The van der Waals surface area contributed by atoms with E-state index in [2.05, 4.69) is 4.99 Å². The largest absolute Gasteiger partial charge is 0.497 e. The SMILES string of the molecule is COc1ccc(C2=NC(Cc3ccccc3)(C(=O)Oc3ccccc3)C(=O)O2)cc1. The van der Waals surface area contributed by atoms with Crippen LogP contribution in [0.25, 0.3) is 0 Å². The zero-order chi connectivity index (χ0) is 21.0. The maximum absolute atomic E-state index is 13.2. The van der Waals surface area contributed by atoms with Crippen LogP contribution in [0.4, 0.5) is 0 Å². The molecular formula is C24H19NO5. The van der Waals surface area contributed by atoms with Crippen LogP contribution in [0.15, 0.2) is 89.9 Å². The number of aliphatic imine (C=N–C) groups is 1. The van der Waals surface area contributed by atoms with E-state index in [1.165, 1.54) is 0 Å². The summed E-state index contributed by atoms with van der Waals surface area (Å²) in [6.45, 7) is 0. The van der Waals surface area contributed by atoms with Crippen molar-refractivity contribution in [3.8, 4) is 11.5 Å². The first-order valence-corrected chi connectivity index (χ1v) is 9.38. The van der Waals surface area contributed by atoms with Gasteiger partial charge in [0.1, 0.15) is 11.5 Å². The van der Waals surface area contributed by atoms with Crippen molar-refractivity contribution in [3.63, 3.8) is 0 Å². The van der Waals surface area contributed by atoms with E-state index in [0.29, 0.717) is 17.1 Å². The fourth-order valence-electron chi connectivity index (χ4n) is 3.16. The van der Waals surface area contributed by atoms with E-state index in [1.807, 2.05) is 30.3 Å². The minimum absolute atomic E-state index is 0.0258. The third-order valence-electron chi connectivity index (χ3n) is 4.75. The smallest absolute Gasteiger partial charge is 0.353 e. The van der Waals surface area contributed by atoms with Crippen molar-refractivity contribution >= 4 is 17.8 Å². The molecule has 0 fully saturated rings. The maximum atomic E-state index is 13.2. The minimum atomic E-state index is -1.83. The van der Waals surface area contributed by atoms with E-state index in [0.717, 1.165) is 5.56 Å². The lowest BCUT2D eigenvalue weighted by molar-refractivity contribution is -0.151. The van der Waals surface area contributed by atoms with Crippen LogP contribution >= 0.6 is 0 Å². The Bertz CT molecular complexity index is 1080. The van der Waals surface area contributed by atoms with Gasteiger partial charge in [0.15, 0.2) is 0 Å². The Morgan fingerprint density at radius 1 is 0.900 bits per heavy atom. The second-order valence-corrected chi connectivity index (χ2v) is 6.76. The van der Waals surface area contributed by atoms with Gasteiger partial charge in [-0.15, -0.1) is 0 Å². The Hall–Kier alpha value is -3.93. The summed E-state index contributed by atoms with van der Waals surface area (Å²) in [7, 11) is 1.56. The first kappa shape index (κ1) is 19.4. The number of hydrogen-bond acceptors (Lipinski definition) is 6. The Morgan fingerprint density at radius 3 is 2.17 bits per heavy atom. The molecule has 1 aliphatic rings. The molecule has 0 bridgehead atoms. The van der Waals surface area contributed by atoms with E-state index in [1.54, 1.807) is 61.7 Å². The zero-order valence-corrected chi connectivity index (χ0v) is 16.3. The lowest BCUT2D eigenvalue weighted by atomic mass is 9.92. The fourth-order valence-corrected chi connectivity index (χ4v) is 3.16. The monoisotopic (exact) mass is 401 g/mol. The molecule has 30 heavy (non-hydrogen) atoms. The normalized spacial score (nSPS) is 17.8. The summed E-state index contributed by atoms with van der Waals surface area (Å²) >= 11 is 0.